The highest BCUT2D eigenvalue weighted by Gasteiger charge is 2.08. The van der Waals surface area contributed by atoms with Crippen molar-refractivity contribution in [2.75, 3.05) is 0 Å². The fraction of sp³-hybridized carbons (Fsp3) is 0.0667. The lowest BCUT2D eigenvalue weighted by Crippen LogP contribution is -1.87. The van der Waals surface area contributed by atoms with Gasteiger partial charge in [0.25, 0.3) is 0 Å². The summed E-state index contributed by atoms with van der Waals surface area (Å²) in [6.07, 6.45) is 0.861. The number of hydrogen-bond acceptors (Lipinski definition) is 1. The van der Waals surface area contributed by atoms with Crippen molar-refractivity contribution < 1.29 is 0 Å². The molecule has 1 nitrogen and oxygen atoms in total. The Morgan fingerprint density at radius 1 is 1.00 bits per heavy atom. The molecule has 0 saturated heterocycles. The molecule has 1 heterocycles. The van der Waals surface area contributed by atoms with Gasteiger partial charge in [-0.3, -0.25) is 0 Å². The molecule has 0 aliphatic rings. The number of rotatable bonds is 2. The molecule has 0 bridgehead atoms. The van der Waals surface area contributed by atoms with Crippen LogP contribution in [-0.2, 0) is 6.42 Å². The van der Waals surface area contributed by atoms with Crippen LogP contribution in [0.25, 0.3) is 10.9 Å². The van der Waals surface area contributed by atoms with Crippen molar-refractivity contribution in [1.29, 1.82) is 0 Å². The van der Waals surface area contributed by atoms with Gasteiger partial charge in [0.05, 0.1) is 5.03 Å². The molecule has 0 spiro atoms. The second-order valence-corrected chi connectivity index (χ2v) is 5.18. The summed E-state index contributed by atoms with van der Waals surface area (Å²) in [5.74, 6) is 0. The summed E-state index contributed by atoms with van der Waals surface area (Å²) < 4.78 is 0. The lowest BCUT2D eigenvalue weighted by Gasteiger charge is -2.02. The number of thiol groups is 1. The lowest BCUT2D eigenvalue weighted by atomic mass is 10.0. The maximum absolute atomic E-state index is 5.90. The summed E-state index contributed by atoms with van der Waals surface area (Å²) in [4.78, 5) is 3.30. The van der Waals surface area contributed by atoms with Crippen molar-refractivity contribution in [2.45, 2.75) is 11.4 Å². The van der Waals surface area contributed by atoms with Crippen molar-refractivity contribution in [3.05, 3.63) is 64.7 Å². The van der Waals surface area contributed by atoms with E-state index in [-0.39, 0.29) is 0 Å². The largest absolute Gasteiger partial charge is 0.350 e. The first kappa shape index (κ1) is 11.7. The first-order valence-electron chi connectivity index (χ1n) is 5.77. The third-order valence-electron chi connectivity index (χ3n) is 3.09. The smallest absolute Gasteiger partial charge is 0.0737 e. The monoisotopic (exact) mass is 273 g/mol. The van der Waals surface area contributed by atoms with Crippen LogP contribution in [0.3, 0.4) is 0 Å². The Labute approximate surface area is 116 Å². The van der Waals surface area contributed by atoms with Gasteiger partial charge in [-0.15, -0.1) is 12.6 Å². The van der Waals surface area contributed by atoms with Crippen molar-refractivity contribution in [3.8, 4) is 0 Å². The molecule has 0 fully saturated rings. The molecule has 3 aromatic rings. The fourth-order valence-electron chi connectivity index (χ4n) is 2.17. The topological polar surface area (TPSA) is 15.8 Å². The minimum absolute atomic E-state index is 0.767. The van der Waals surface area contributed by atoms with E-state index < -0.39 is 0 Å². The Bertz CT molecular complexity index is 685. The highest BCUT2D eigenvalue weighted by Crippen LogP contribution is 2.27. The van der Waals surface area contributed by atoms with E-state index in [0.717, 1.165) is 22.0 Å². The molecule has 3 rings (SSSR count). The van der Waals surface area contributed by atoms with E-state index in [2.05, 4.69) is 47.9 Å². The molecule has 0 saturated carbocycles. The molecule has 0 radical (unpaired) electrons. The molecule has 0 aliphatic carbocycles. The zero-order chi connectivity index (χ0) is 12.5. The first-order valence-corrected chi connectivity index (χ1v) is 6.59. The van der Waals surface area contributed by atoms with Gasteiger partial charge < -0.3 is 4.98 Å². The summed E-state index contributed by atoms with van der Waals surface area (Å²) in [6.45, 7) is 0. The maximum atomic E-state index is 5.90. The predicted molar refractivity (Wildman–Crippen MR) is 79.8 cm³/mol. The van der Waals surface area contributed by atoms with Gasteiger partial charge in [0.1, 0.15) is 0 Å². The normalized spacial score (nSPS) is 11.0. The van der Waals surface area contributed by atoms with Gasteiger partial charge in [-0.2, -0.15) is 0 Å². The van der Waals surface area contributed by atoms with Crippen LogP contribution >= 0.6 is 24.2 Å². The van der Waals surface area contributed by atoms with Crippen LogP contribution in [0, 0.1) is 0 Å². The third kappa shape index (κ3) is 2.14. The van der Waals surface area contributed by atoms with Gasteiger partial charge >= 0.3 is 0 Å². The van der Waals surface area contributed by atoms with E-state index in [1.54, 1.807) is 0 Å². The van der Waals surface area contributed by atoms with Gasteiger partial charge in [-0.1, -0.05) is 41.9 Å². The second-order valence-electron chi connectivity index (χ2n) is 4.30. The minimum atomic E-state index is 0.767. The number of hydrogen-bond donors (Lipinski definition) is 2. The summed E-state index contributed by atoms with van der Waals surface area (Å²) in [5, 5.41) is 2.94. The number of para-hydroxylation sites is 1. The van der Waals surface area contributed by atoms with E-state index in [4.69, 9.17) is 11.6 Å². The molecule has 1 N–H and O–H groups in total. The molecule has 0 aliphatic heterocycles. The summed E-state index contributed by atoms with van der Waals surface area (Å²) in [5.41, 5.74) is 3.60. The van der Waals surface area contributed by atoms with E-state index in [0.29, 0.717) is 0 Å². The zero-order valence-corrected chi connectivity index (χ0v) is 11.3. The zero-order valence-electron chi connectivity index (χ0n) is 9.65. The van der Waals surface area contributed by atoms with E-state index in [1.807, 2.05) is 18.2 Å². The lowest BCUT2D eigenvalue weighted by molar-refractivity contribution is 1.10. The number of H-pyrrole nitrogens is 1. The Hall–Kier alpha value is -1.38. The minimum Gasteiger partial charge on any atom is -0.350 e. The molecule has 90 valence electrons. The van der Waals surface area contributed by atoms with Crippen LogP contribution in [0.2, 0.25) is 5.02 Å². The Morgan fingerprint density at radius 2 is 1.72 bits per heavy atom. The predicted octanol–water partition coefficient (Wildman–Crippen LogP) is 4.70. The van der Waals surface area contributed by atoms with E-state index >= 15 is 0 Å². The molecule has 0 unspecified atom stereocenters. The van der Waals surface area contributed by atoms with Crippen LogP contribution < -0.4 is 0 Å². The van der Waals surface area contributed by atoms with Gasteiger partial charge in [0.15, 0.2) is 0 Å². The summed E-state index contributed by atoms with van der Waals surface area (Å²) in [7, 11) is 0. The average Bonchev–Trinajstić information content (AvgIpc) is 2.69. The maximum Gasteiger partial charge on any atom is 0.0737 e. The molecule has 0 amide bonds. The quantitative estimate of drug-likeness (QED) is 0.630. The first-order chi connectivity index (χ1) is 8.74. The number of benzene rings is 2. The molecular formula is C15H12ClNS. The Kier molecular flexibility index (Phi) is 3.06. The van der Waals surface area contributed by atoms with Crippen molar-refractivity contribution in [2.24, 2.45) is 0 Å². The second kappa shape index (κ2) is 4.71. The molecule has 2 aromatic carbocycles. The average molecular weight is 274 g/mol. The molecular weight excluding hydrogens is 262 g/mol. The van der Waals surface area contributed by atoms with Gasteiger partial charge in [-0.05, 0) is 29.3 Å². The summed E-state index contributed by atoms with van der Waals surface area (Å²) in [6, 6.07) is 16.2. The molecule has 3 heteroatoms. The van der Waals surface area contributed by atoms with E-state index in [1.165, 1.54) is 16.5 Å². The number of nitrogens with one attached hydrogen (secondary N) is 1. The SMILES string of the molecule is Sc1[nH]c2ccccc2c1Cc1ccc(Cl)cc1. The van der Waals surface area contributed by atoms with Gasteiger partial charge in [0, 0.05) is 22.3 Å². The number of fused-ring (bicyclic) bond motifs is 1. The number of aromatic nitrogens is 1. The van der Waals surface area contributed by atoms with Crippen LogP contribution in [0.4, 0.5) is 0 Å². The van der Waals surface area contributed by atoms with Crippen molar-refractivity contribution in [3.63, 3.8) is 0 Å². The van der Waals surface area contributed by atoms with Crippen molar-refractivity contribution >= 4 is 35.1 Å². The Balaban J connectivity index is 2.04. The van der Waals surface area contributed by atoms with Gasteiger partial charge in [-0.25, -0.2) is 0 Å². The molecule has 1 aromatic heterocycles. The standard InChI is InChI=1S/C15H12ClNS/c16-11-7-5-10(6-8-11)9-13-12-3-1-2-4-14(12)17-15(13)18/h1-8,17-18H,9H2. The Morgan fingerprint density at radius 3 is 2.50 bits per heavy atom. The van der Waals surface area contributed by atoms with E-state index in [9.17, 15) is 0 Å². The van der Waals surface area contributed by atoms with Crippen LogP contribution in [0.1, 0.15) is 11.1 Å². The highest BCUT2D eigenvalue weighted by molar-refractivity contribution is 7.80. The molecule has 18 heavy (non-hydrogen) atoms. The van der Waals surface area contributed by atoms with Crippen LogP contribution in [-0.4, -0.2) is 4.98 Å². The highest BCUT2D eigenvalue weighted by atomic mass is 35.5. The van der Waals surface area contributed by atoms with Crippen LogP contribution in [0.5, 0.6) is 0 Å². The van der Waals surface area contributed by atoms with Gasteiger partial charge in [0.2, 0.25) is 0 Å². The number of aromatic amines is 1. The molecule has 0 atom stereocenters. The van der Waals surface area contributed by atoms with Crippen molar-refractivity contribution in [1.82, 2.24) is 4.98 Å². The summed E-state index contributed by atoms with van der Waals surface area (Å²) >= 11 is 10.4. The third-order valence-corrected chi connectivity index (χ3v) is 3.72. The van der Waals surface area contributed by atoms with Crippen LogP contribution in [0.15, 0.2) is 53.6 Å². The number of halogens is 1. The fourth-order valence-corrected chi connectivity index (χ4v) is 2.62.